The lowest BCUT2D eigenvalue weighted by molar-refractivity contribution is 1.18. The first-order valence-electron chi connectivity index (χ1n) is 6.39. The van der Waals surface area contributed by atoms with E-state index in [1.165, 1.54) is 15.0 Å². The molecule has 0 spiro atoms. The van der Waals surface area contributed by atoms with Crippen LogP contribution in [0.2, 0.25) is 0 Å². The summed E-state index contributed by atoms with van der Waals surface area (Å²) in [4.78, 5) is 5.91. The molecule has 0 saturated carbocycles. The zero-order chi connectivity index (χ0) is 13.8. The van der Waals surface area contributed by atoms with Gasteiger partial charge in [-0.25, -0.2) is 0 Å². The highest BCUT2D eigenvalue weighted by molar-refractivity contribution is 7.19. The van der Waals surface area contributed by atoms with E-state index in [0.717, 1.165) is 23.4 Å². The van der Waals surface area contributed by atoms with Crippen LogP contribution >= 0.6 is 11.3 Å². The summed E-state index contributed by atoms with van der Waals surface area (Å²) in [6.45, 7) is 4.63. The molecule has 1 aromatic heterocycles. The number of thiophene rings is 1. The third-order valence-electron chi connectivity index (χ3n) is 3.05. The zero-order valence-electron chi connectivity index (χ0n) is 11.3. The molecule has 4 N–H and O–H groups in total. The van der Waals surface area contributed by atoms with Gasteiger partial charge in [-0.05, 0) is 37.1 Å². The number of hydrogen-bond acceptors (Lipinski definition) is 4. The Kier molecular flexibility index (Phi) is 4.35. The number of aryl methyl sites for hydroxylation is 1. The van der Waals surface area contributed by atoms with Crippen LogP contribution in [0.1, 0.15) is 18.7 Å². The summed E-state index contributed by atoms with van der Waals surface area (Å²) in [5.41, 5.74) is 14.4. The molecule has 0 aliphatic heterocycles. The molecular weight excluding hydrogens is 254 g/mol. The largest absolute Gasteiger partial charge is 0.399 e. The minimum Gasteiger partial charge on any atom is -0.399 e. The number of nitrogens with zero attached hydrogens (tertiary/aromatic N) is 1. The number of anilines is 1. The van der Waals surface area contributed by atoms with Gasteiger partial charge < -0.3 is 11.5 Å². The summed E-state index contributed by atoms with van der Waals surface area (Å²) in [6, 6.07) is 5.98. The van der Waals surface area contributed by atoms with Gasteiger partial charge in [0.25, 0.3) is 0 Å². The summed E-state index contributed by atoms with van der Waals surface area (Å²) >= 11 is 1.76. The quantitative estimate of drug-likeness (QED) is 0.659. The van der Waals surface area contributed by atoms with Crippen molar-refractivity contribution < 1.29 is 0 Å². The fourth-order valence-electron chi connectivity index (χ4n) is 1.92. The number of hydrogen-bond donors (Lipinski definition) is 2. The fraction of sp³-hybridized carbons (Fsp3) is 0.267. The highest BCUT2D eigenvalue weighted by Gasteiger charge is 2.09. The summed E-state index contributed by atoms with van der Waals surface area (Å²) in [5.74, 6) is 0. The molecule has 0 fully saturated rings. The predicted molar refractivity (Wildman–Crippen MR) is 86.6 cm³/mol. The lowest BCUT2D eigenvalue weighted by atomic mass is 10.2. The first kappa shape index (κ1) is 13.8. The van der Waals surface area contributed by atoms with Crippen molar-refractivity contribution in [2.75, 3.05) is 12.3 Å². The van der Waals surface area contributed by atoms with Crippen LogP contribution < -0.4 is 11.5 Å². The predicted octanol–water partition coefficient (Wildman–Crippen LogP) is 3.65. The van der Waals surface area contributed by atoms with Gasteiger partial charge in [-0.3, -0.25) is 4.99 Å². The molecule has 0 aliphatic carbocycles. The summed E-state index contributed by atoms with van der Waals surface area (Å²) in [6.07, 6.45) is 4.82. The second-order valence-corrected chi connectivity index (χ2v) is 5.45. The number of benzene rings is 1. The van der Waals surface area contributed by atoms with E-state index in [2.05, 4.69) is 11.9 Å². The topological polar surface area (TPSA) is 64.4 Å². The van der Waals surface area contributed by atoms with Gasteiger partial charge in [0.05, 0.1) is 5.69 Å². The van der Waals surface area contributed by atoms with Crippen LogP contribution in [0.15, 0.2) is 34.8 Å². The Morgan fingerprint density at radius 3 is 2.84 bits per heavy atom. The maximum Gasteiger partial charge on any atom is 0.0847 e. The highest BCUT2D eigenvalue weighted by atomic mass is 32.1. The number of nitrogen functional groups attached to an aromatic ring is 1. The van der Waals surface area contributed by atoms with Crippen molar-refractivity contribution in [3.63, 3.8) is 0 Å². The highest BCUT2D eigenvalue weighted by Crippen LogP contribution is 2.39. The smallest absolute Gasteiger partial charge is 0.0847 e. The third-order valence-corrected chi connectivity index (χ3v) is 4.33. The second kappa shape index (κ2) is 5.99. The summed E-state index contributed by atoms with van der Waals surface area (Å²) in [7, 11) is 0. The van der Waals surface area contributed by atoms with Gasteiger partial charge in [0, 0.05) is 33.4 Å². The van der Waals surface area contributed by atoms with Crippen molar-refractivity contribution in [3.05, 3.63) is 34.7 Å². The summed E-state index contributed by atoms with van der Waals surface area (Å²) < 4.78 is 1.19. The van der Waals surface area contributed by atoms with Gasteiger partial charge in [0.2, 0.25) is 0 Å². The average Bonchev–Trinajstić information content (AvgIpc) is 2.77. The SMILES string of the molecule is C/C=C(\C=Nc1c(CC)sc2cc(N)ccc12)CN. The standard InChI is InChI=1S/C15H19N3S/c1-3-10(8-16)9-18-15-12-6-5-11(17)7-14(12)19-13(15)4-2/h3,5-7,9H,4,8,16-17H2,1-2H3/b10-3-,18-9?. The van der Waals surface area contributed by atoms with Crippen LogP contribution in [0.5, 0.6) is 0 Å². The molecule has 19 heavy (non-hydrogen) atoms. The van der Waals surface area contributed by atoms with Gasteiger partial charge in [-0.1, -0.05) is 13.0 Å². The Bertz CT molecular complexity index is 638. The van der Waals surface area contributed by atoms with Crippen LogP contribution in [0, 0.1) is 0 Å². The third kappa shape index (κ3) is 2.85. The van der Waals surface area contributed by atoms with Gasteiger partial charge in [0.15, 0.2) is 0 Å². The molecule has 0 saturated heterocycles. The van der Waals surface area contributed by atoms with Crippen molar-refractivity contribution in [2.45, 2.75) is 20.3 Å². The van der Waals surface area contributed by atoms with Crippen LogP contribution in [0.3, 0.4) is 0 Å². The molecule has 0 atom stereocenters. The van der Waals surface area contributed by atoms with Gasteiger partial charge in [0.1, 0.15) is 0 Å². The van der Waals surface area contributed by atoms with Crippen molar-refractivity contribution in [1.29, 1.82) is 0 Å². The number of nitrogens with two attached hydrogens (primary N) is 2. The molecule has 1 aromatic carbocycles. The minimum atomic E-state index is 0.510. The lowest BCUT2D eigenvalue weighted by Gasteiger charge is -1.98. The van der Waals surface area contributed by atoms with Gasteiger partial charge >= 0.3 is 0 Å². The Balaban J connectivity index is 2.52. The normalized spacial score (nSPS) is 12.7. The van der Waals surface area contributed by atoms with Crippen LogP contribution in [0.4, 0.5) is 11.4 Å². The Morgan fingerprint density at radius 2 is 2.21 bits per heavy atom. The molecule has 0 bridgehead atoms. The Hall–Kier alpha value is -1.65. The van der Waals surface area contributed by atoms with Crippen molar-refractivity contribution in [3.8, 4) is 0 Å². The molecule has 100 valence electrons. The van der Waals surface area contributed by atoms with Crippen molar-refractivity contribution in [2.24, 2.45) is 10.7 Å². The van der Waals surface area contributed by atoms with Gasteiger partial charge in [-0.15, -0.1) is 11.3 Å². The Labute approximate surface area is 117 Å². The molecule has 0 aliphatic rings. The molecular formula is C15H19N3S. The molecule has 0 amide bonds. The maximum absolute atomic E-state index is 5.83. The first-order chi connectivity index (χ1) is 9.19. The molecule has 0 radical (unpaired) electrons. The molecule has 4 heteroatoms. The lowest BCUT2D eigenvalue weighted by Crippen LogP contribution is -2.03. The molecule has 3 nitrogen and oxygen atoms in total. The van der Waals surface area contributed by atoms with Crippen LogP contribution in [-0.2, 0) is 6.42 Å². The van der Waals surface area contributed by atoms with E-state index in [4.69, 9.17) is 11.5 Å². The van der Waals surface area contributed by atoms with Crippen LogP contribution in [0.25, 0.3) is 10.1 Å². The average molecular weight is 273 g/mol. The van der Waals surface area contributed by atoms with Crippen molar-refractivity contribution in [1.82, 2.24) is 0 Å². The van der Waals surface area contributed by atoms with E-state index in [1.807, 2.05) is 37.4 Å². The monoisotopic (exact) mass is 273 g/mol. The first-order valence-corrected chi connectivity index (χ1v) is 7.21. The van der Waals surface area contributed by atoms with E-state index in [-0.39, 0.29) is 0 Å². The van der Waals surface area contributed by atoms with E-state index in [0.29, 0.717) is 6.54 Å². The number of rotatable bonds is 4. The number of aliphatic imine (C=N–C) groups is 1. The van der Waals surface area contributed by atoms with E-state index in [9.17, 15) is 0 Å². The summed E-state index contributed by atoms with van der Waals surface area (Å²) in [5, 5.41) is 1.17. The fourth-order valence-corrected chi connectivity index (χ4v) is 3.06. The van der Waals surface area contributed by atoms with Gasteiger partial charge in [-0.2, -0.15) is 0 Å². The zero-order valence-corrected chi connectivity index (χ0v) is 12.1. The van der Waals surface area contributed by atoms with Crippen molar-refractivity contribution >= 4 is 39.0 Å². The van der Waals surface area contributed by atoms with Crippen LogP contribution in [-0.4, -0.2) is 12.8 Å². The minimum absolute atomic E-state index is 0.510. The molecule has 1 heterocycles. The number of fused-ring (bicyclic) bond motifs is 1. The maximum atomic E-state index is 5.83. The Morgan fingerprint density at radius 1 is 1.42 bits per heavy atom. The molecule has 2 rings (SSSR count). The number of allylic oxidation sites excluding steroid dienone is 1. The molecule has 0 unspecified atom stereocenters. The van der Waals surface area contributed by atoms with E-state index in [1.54, 1.807) is 11.3 Å². The van der Waals surface area contributed by atoms with E-state index < -0.39 is 0 Å². The molecule has 2 aromatic rings. The van der Waals surface area contributed by atoms with E-state index >= 15 is 0 Å². The second-order valence-electron chi connectivity index (χ2n) is 4.31.